The quantitative estimate of drug-likeness (QED) is 0.866. The summed E-state index contributed by atoms with van der Waals surface area (Å²) >= 11 is 0. The Kier molecular flexibility index (Phi) is 5.40. The normalized spacial score (nSPS) is 17.4. The Morgan fingerprint density at radius 2 is 2.20 bits per heavy atom. The van der Waals surface area contributed by atoms with Crippen LogP contribution in [0, 0.1) is 16.7 Å². The number of nitriles is 1. The summed E-state index contributed by atoms with van der Waals surface area (Å²) in [5, 5.41) is 12.0. The first-order valence-corrected chi connectivity index (χ1v) is 7.09. The molecule has 1 aliphatic heterocycles. The van der Waals surface area contributed by atoms with Crippen molar-refractivity contribution in [3.63, 3.8) is 0 Å². The van der Waals surface area contributed by atoms with Crippen molar-refractivity contribution in [2.45, 2.75) is 26.3 Å². The second kappa shape index (κ2) is 7.28. The first kappa shape index (κ1) is 14.8. The molecule has 0 saturated carbocycles. The average molecular weight is 274 g/mol. The summed E-state index contributed by atoms with van der Waals surface area (Å²) in [7, 11) is 0. The van der Waals surface area contributed by atoms with E-state index in [1.165, 1.54) is 5.56 Å². The van der Waals surface area contributed by atoms with Gasteiger partial charge in [0.1, 0.15) is 11.8 Å². The summed E-state index contributed by atoms with van der Waals surface area (Å²) in [5.74, 6) is 0.753. The van der Waals surface area contributed by atoms with Crippen LogP contribution in [0.25, 0.3) is 0 Å². The molecule has 0 radical (unpaired) electrons. The second-order valence-electron chi connectivity index (χ2n) is 5.62. The summed E-state index contributed by atoms with van der Waals surface area (Å²) in [4.78, 5) is 0. The molecule has 1 saturated heterocycles. The highest BCUT2D eigenvalue weighted by Gasteiger charge is 2.26. The molecule has 0 spiro atoms. The van der Waals surface area contributed by atoms with Gasteiger partial charge in [-0.2, -0.15) is 5.26 Å². The van der Waals surface area contributed by atoms with E-state index in [-0.39, 0.29) is 6.61 Å². The lowest BCUT2D eigenvalue weighted by Gasteiger charge is -2.33. The lowest BCUT2D eigenvalue weighted by Crippen LogP contribution is -2.36. The molecule has 1 fully saturated rings. The van der Waals surface area contributed by atoms with Gasteiger partial charge in [0, 0.05) is 26.3 Å². The minimum absolute atomic E-state index is 0.0922. The molecule has 20 heavy (non-hydrogen) atoms. The maximum Gasteiger partial charge on any atom is 0.174 e. The van der Waals surface area contributed by atoms with Gasteiger partial charge in [-0.15, -0.1) is 0 Å². The summed E-state index contributed by atoms with van der Waals surface area (Å²) < 4.78 is 10.7. The number of ether oxygens (including phenoxy) is 2. The standard InChI is InChI=1S/C16H22N2O2/c1-16(5-8-19-9-6-16)13-18-12-14-3-2-4-15(11-14)20-10-7-17/h2-4,11,18H,5-6,8-10,12-13H2,1H3. The Morgan fingerprint density at radius 1 is 1.40 bits per heavy atom. The van der Waals surface area contributed by atoms with Crippen molar-refractivity contribution in [2.24, 2.45) is 5.41 Å². The Labute approximate surface area is 120 Å². The topological polar surface area (TPSA) is 54.3 Å². The van der Waals surface area contributed by atoms with E-state index in [0.717, 1.165) is 44.9 Å². The highest BCUT2D eigenvalue weighted by Crippen LogP contribution is 2.28. The molecule has 0 bridgehead atoms. The minimum atomic E-state index is 0.0922. The molecule has 1 aromatic carbocycles. The third-order valence-electron chi connectivity index (χ3n) is 3.78. The van der Waals surface area contributed by atoms with E-state index in [1.807, 2.05) is 24.3 Å². The molecule has 4 heteroatoms. The fourth-order valence-electron chi connectivity index (χ4n) is 2.41. The molecule has 2 rings (SSSR count). The molecule has 0 atom stereocenters. The van der Waals surface area contributed by atoms with Crippen LogP contribution in [0.2, 0.25) is 0 Å². The van der Waals surface area contributed by atoms with Crippen LogP contribution < -0.4 is 10.1 Å². The maximum atomic E-state index is 8.51. The van der Waals surface area contributed by atoms with Crippen LogP contribution in [0.5, 0.6) is 5.75 Å². The predicted octanol–water partition coefficient (Wildman–Crippen LogP) is 2.50. The van der Waals surface area contributed by atoms with Crippen molar-refractivity contribution in [1.29, 1.82) is 5.26 Å². The third kappa shape index (κ3) is 4.52. The smallest absolute Gasteiger partial charge is 0.174 e. The highest BCUT2D eigenvalue weighted by molar-refractivity contribution is 5.28. The first-order valence-electron chi connectivity index (χ1n) is 7.09. The number of nitrogens with zero attached hydrogens (tertiary/aromatic N) is 1. The van der Waals surface area contributed by atoms with Gasteiger partial charge in [-0.25, -0.2) is 0 Å². The van der Waals surface area contributed by atoms with Gasteiger partial charge in [0.15, 0.2) is 6.61 Å². The highest BCUT2D eigenvalue weighted by atomic mass is 16.5. The van der Waals surface area contributed by atoms with Crippen LogP contribution in [-0.4, -0.2) is 26.4 Å². The summed E-state index contributed by atoms with van der Waals surface area (Å²) in [5.41, 5.74) is 1.52. The number of benzene rings is 1. The largest absolute Gasteiger partial charge is 0.479 e. The van der Waals surface area contributed by atoms with Gasteiger partial charge in [0.05, 0.1) is 0 Å². The molecule has 4 nitrogen and oxygen atoms in total. The van der Waals surface area contributed by atoms with E-state index < -0.39 is 0 Å². The zero-order valence-corrected chi connectivity index (χ0v) is 12.0. The number of hydrogen-bond acceptors (Lipinski definition) is 4. The molecule has 1 N–H and O–H groups in total. The Hall–Kier alpha value is -1.57. The van der Waals surface area contributed by atoms with Crippen LogP contribution in [0.15, 0.2) is 24.3 Å². The molecular formula is C16H22N2O2. The summed E-state index contributed by atoms with van der Waals surface area (Å²) in [6.07, 6.45) is 2.23. The van der Waals surface area contributed by atoms with E-state index in [2.05, 4.69) is 18.3 Å². The van der Waals surface area contributed by atoms with E-state index >= 15 is 0 Å². The Morgan fingerprint density at radius 3 is 2.95 bits per heavy atom. The van der Waals surface area contributed by atoms with Crippen LogP contribution in [0.1, 0.15) is 25.3 Å². The van der Waals surface area contributed by atoms with Gasteiger partial charge < -0.3 is 14.8 Å². The van der Waals surface area contributed by atoms with Gasteiger partial charge in [0.25, 0.3) is 0 Å². The molecule has 1 aromatic rings. The van der Waals surface area contributed by atoms with Gasteiger partial charge in [-0.1, -0.05) is 19.1 Å². The van der Waals surface area contributed by atoms with E-state index in [4.69, 9.17) is 14.7 Å². The summed E-state index contributed by atoms with van der Waals surface area (Å²) in [6.45, 7) is 5.97. The zero-order chi connectivity index (χ0) is 14.3. The SMILES string of the molecule is CC1(CNCc2cccc(OCC#N)c2)CCOCC1. The zero-order valence-electron chi connectivity index (χ0n) is 12.0. The predicted molar refractivity (Wildman–Crippen MR) is 77.4 cm³/mol. The minimum Gasteiger partial charge on any atom is -0.479 e. The van der Waals surface area contributed by atoms with Crippen LogP contribution in [0.3, 0.4) is 0 Å². The lowest BCUT2D eigenvalue weighted by atomic mass is 9.82. The average Bonchev–Trinajstić information content (AvgIpc) is 2.46. The molecule has 0 aromatic heterocycles. The molecule has 1 aliphatic rings. The second-order valence-corrected chi connectivity index (χ2v) is 5.62. The van der Waals surface area contributed by atoms with Crippen molar-refractivity contribution in [1.82, 2.24) is 5.32 Å². The Balaban J connectivity index is 1.80. The van der Waals surface area contributed by atoms with Crippen molar-refractivity contribution in [3.8, 4) is 11.8 Å². The van der Waals surface area contributed by atoms with E-state index in [0.29, 0.717) is 5.41 Å². The fraction of sp³-hybridized carbons (Fsp3) is 0.562. The molecule has 0 aliphatic carbocycles. The van der Waals surface area contributed by atoms with Gasteiger partial charge in [-0.05, 0) is 36.0 Å². The number of hydrogen-bond donors (Lipinski definition) is 1. The van der Waals surface area contributed by atoms with Gasteiger partial charge >= 0.3 is 0 Å². The van der Waals surface area contributed by atoms with Crippen molar-refractivity contribution < 1.29 is 9.47 Å². The maximum absolute atomic E-state index is 8.51. The van der Waals surface area contributed by atoms with E-state index in [9.17, 15) is 0 Å². The van der Waals surface area contributed by atoms with Crippen LogP contribution in [0.4, 0.5) is 0 Å². The van der Waals surface area contributed by atoms with Crippen LogP contribution in [-0.2, 0) is 11.3 Å². The van der Waals surface area contributed by atoms with Crippen LogP contribution >= 0.6 is 0 Å². The molecule has 1 heterocycles. The molecule has 0 unspecified atom stereocenters. The molecular weight excluding hydrogens is 252 g/mol. The Bertz CT molecular complexity index is 462. The van der Waals surface area contributed by atoms with Gasteiger partial charge in [-0.3, -0.25) is 0 Å². The monoisotopic (exact) mass is 274 g/mol. The van der Waals surface area contributed by atoms with Gasteiger partial charge in [0.2, 0.25) is 0 Å². The number of nitrogens with one attached hydrogen (secondary N) is 1. The first-order chi connectivity index (χ1) is 9.72. The third-order valence-corrected chi connectivity index (χ3v) is 3.78. The molecule has 0 amide bonds. The number of rotatable bonds is 6. The molecule has 108 valence electrons. The van der Waals surface area contributed by atoms with Crippen molar-refractivity contribution in [2.75, 3.05) is 26.4 Å². The lowest BCUT2D eigenvalue weighted by molar-refractivity contribution is 0.0240. The van der Waals surface area contributed by atoms with Crippen molar-refractivity contribution in [3.05, 3.63) is 29.8 Å². The van der Waals surface area contributed by atoms with Crippen molar-refractivity contribution >= 4 is 0 Å². The fourth-order valence-corrected chi connectivity index (χ4v) is 2.41. The van der Waals surface area contributed by atoms with E-state index in [1.54, 1.807) is 0 Å². The summed E-state index contributed by atoms with van der Waals surface area (Å²) in [6, 6.07) is 9.86.